The van der Waals surface area contributed by atoms with E-state index in [0.29, 0.717) is 20.7 Å². The average Bonchev–Trinajstić information content (AvgIpc) is 2.35. The third-order valence-corrected chi connectivity index (χ3v) is 5.70. The Hall–Kier alpha value is -1.04. The number of benzene rings is 2. The van der Waals surface area contributed by atoms with Gasteiger partial charge in [-0.2, -0.15) is 0 Å². The van der Waals surface area contributed by atoms with E-state index < -0.39 is 10.0 Å². The van der Waals surface area contributed by atoms with E-state index in [1.165, 1.54) is 0 Å². The van der Waals surface area contributed by atoms with Crippen LogP contribution in [-0.2, 0) is 10.0 Å². The van der Waals surface area contributed by atoms with Crippen LogP contribution in [0.3, 0.4) is 0 Å². The zero-order valence-electron chi connectivity index (χ0n) is 11.9. The molecule has 21 heavy (non-hydrogen) atoms. The van der Waals surface area contributed by atoms with Gasteiger partial charge in [-0.3, -0.25) is 4.72 Å². The highest BCUT2D eigenvalue weighted by Crippen LogP contribution is 2.31. The molecule has 0 aliphatic carbocycles. The third kappa shape index (κ3) is 3.59. The summed E-state index contributed by atoms with van der Waals surface area (Å²) in [6.07, 6.45) is 0. The van der Waals surface area contributed by atoms with Gasteiger partial charge in [0.1, 0.15) is 0 Å². The van der Waals surface area contributed by atoms with E-state index in [0.717, 1.165) is 11.1 Å². The highest BCUT2D eigenvalue weighted by atomic mass is 79.9. The van der Waals surface area contributed by atoms with Crippen LogP contribution < -0.4 is 4.72 Å². The molecule has 6 heteroatoms. The summed E-state index contributed by atoms with van der Waals surface area (Å²) in [6, 6.07) is 8.60. The summed E-state index contributed by atoms with van der Waals surface area (Å²) in [5.41, 5.74) is 3.02. The lowest BCUT2D eigenvalue weighted by Crippen LogP contribution is -2.14. The zero-order chi connectivity index (χ0) is 15.8. The average molecular weight is 389 g/mol. The fraction of sp³-hybridized carbons (Fsp3) is 0.200. The van der Waals surface area contributed by atoms with Crippen molar-refractivity contribution in [3.63, 3.8) is 0 Å². The Morgan fingerprint density at radius 1 is 1.05 bits per heavy atom. The fourth-order valence-corrected chi connectivity index (χ4v) is 4.18. The number of hydrogen-bond acceptors (Lipinski definition) is 2. The highest BCUT2D eigenvalue weighted by molar-refractivity contribution is 9.10. The molecular weight excluding hydrogens is 374 g/mol. The van der Waals surface area contributed by atoms with Gasteiger partial charge < -0.3 is 0 Å². The molecule has 0 unspecified atom stereocenters. The molecule has 0 spiro atoms. The van der Waals surface area contributed by atoms with Crippen molar-refractivity contribution in [2.75, 3.05) is 4.72 Å². The second kappa shape index (κ2) is 5.99. The Morgan fingerprint density at radius 3 is 2.33 bits per heavy atom. The highest BCUT2D eigenvalue weighted by Gasteiger charge is 2.18. The first kappa shape index (κ1) is 16.3. The van der Waals surface area contributed by atoms with Crippen LogP contribution in [-0.4, -0.2) is 8.42 Å². The molecule has 0 aliphatic heterocycles. The van der Waals surface area contributed by atoms with Gasteiger partial charge in [-0.05, 0) is 66.0 Å². The lowest BCUT2D eigenvalue weighted by atomic mass is 10.2. The second-order valence-electron chi connectivity index (χ2n) is 4.96. The molecule has 2 aromatic rings. The Balaban J connectivity index is 2.45. The largest absolute Gasteiger partial charge is 0.278 e. The number of hydrogen-bond donors (Lipinski definition) is 1. The minimum atomic E-state index is -3.65. The van der Waals surface area contributed by atoms with Crippen molar-refractivity contribution < 1.29 is 8.42 Å². The first-order valence-corrected chi connectivity index (χ1v) is 8.92. The lowest BCUT2D eigenvalue weighted by Gasteiger charge is -2.13. The van der Waals surface area contributed by atoms with E-state index in [1.807, 2.05) is 19.9 Å². The standard InChI is InChI=1S/C15H15BrClNO2S/c1-9-4-5-15(11(3)6-9)21(19,20)18-14-8-13(17)10(2)7-12(14)16/h4-8,18H,1-3H3. The van der Waals surface area contributed by atoms with Crippen molar-refractivity contribution in [1.82, 2.24) is 0 Å². The second-order valence-corrected chi connectivity index (χ2v) is 7.87. The van der Waals surface area contributed by atoms with Gasteiger partial charge in [0.2, 0.25) is 0 Å². The fourth-order valence-electron chi connectivity index (χ4n) is 2.03. The van der Waals surface area contributed by atoms with Crippen LogP contribution in [0.1, 0.15) is 16.7 Å². The lowest BCUT2D eigenvalue weighted by molar-refractivity contribution is 0.600. The molecule has 3 nitrogen and oxygen atoms in total. The van der Waals surface area contributed by atoms with Crippen LogP contribution in [0.25, 0.3) is 0 Å². The summed E-state index contributed by atoms with van der Waals surface area (Å²) in [5, 5.41) is 0.511. The molecule has 0 atom stereocenters. The van der Waals surface area contributed by atoms with Crippen molar-refractivity contribution in [2.24, 2.45) is 0 Å². The Labute approximate surface area is 138 Å². The van der Waals surface area contributed by atoms with Gasteiger partial charge >= 0.3 is 0 Å². The Bertz CT molecular complexity index is 804. The van der Waals surface area contributed by atoms with E-state index in [9.17, 15) is 8.42 Å². The van der Waals surface area contributed by atoms with Crippen LogP contribution in [0.15, 0.2) is 39.7 Å². The minimum absolute atomic E-state index is 0.261. The monoisotopic (exact) mass is 387 g/mol. The van der Waals surface area contributed by atoms with Crippen molar-refractivity contribution in [3.05, 3.63) is 56.5 Å². The van der Waals surface area contributed by atoms with Crippen LogP contribution in [0, 0.1) is 20.8 Å². The molecule has 0 bridgehead atoms. The maximum atomic E-state index is 12.5. The normalized spacial score (nSPS) is 11.5. The number of sulfonamides is 1. The van der Waals surface area contributed by atoms with Crippen LogP contribution in [0.2, 0.25) is 5.02 Å². The quantitative estimate of drug-likeness (QED) is 0.818. The van der Waals surface area contributed by atoms with Gasteiger partial charge in [-0.15, -0.1) is 0 Å². The smallest absolute Gasteiger partial charge is 0.262 e. The van der Waals surface area contributed by atoms with Gasteiger partial charge in [0.15, 0.2) is 0 Å². The van der Waals surface area contributed by atoms with Gasteiger partial charge in [0.05, 0.1) is 10.6 Å². The van der Waals surface area contributed by atoms with Crippen LogP contribution in [0.4, 0.5) is 5.69 Å². The van der Waals surface area contributed by atoms with Crippen molar-refractivity contribution >= 4 is 43.2 Å². The first-order valence-electron chi connectivity index (χ1n) is 6.26. The molecule has 2 rings (SSSR count). The van der Waals surface area contributed by atoms with Gasteiger partial charge in [-0.1, -0.05) is 29.3 Å². The van der Waals surface area contributed by atoms with Crippen LogP contribution >= 0.6 is 27.5 Å². The van der Waals surface area contributed by atoms with E-state index >= 15 is 0 Å². The third-order valence-electron chi connectivity index (χ3n) is 3.11. The predicted octanol–water partition coefficient (Wildman–Crippen LogP) is 4.83. The Morgan fingerprint density at radius 2 is 1.71 bits per heavy atom. The summed E-state index contributed by atoms with van der Waals surface area (Å²) in [5.74, 6) is 0. The predicted molar refractivity (Wildman–Crippen MR) is 90.6 cm³/mol. The van der Waals surface area contributed by atoms with Gasteiger partial charge in [-0.25, -0.2) is 8.42 Å². The maximum Gasteiger partial charge on any atom is 0.262 e. The number of aryl methyl sites for hydroxylation is 3. The minimum Gasteiger partial charge on any atom is -0.278 e. The molecule has 2 aromatic carbocycles. The number of rotatable bonds is 3. The molecule has 0 saturated heterocycles. The number of halogens is 2. The Kier molecular flexibility index (Phi) is 4.66. The molecule has 0 aromatic heterocycles. The molecule has 0 fully saturated rings. The van der Waals surface area contributed by atoms with Crippen molar-refractivity contribution in [2.45, 2.75) is 25.7 Å². The van der Waals surface area contributed by atoms with E-state index in [-0.39, 0.29) is 4.90 Å². The molecule has 0 saturated carbocycles. The molecule has 1 N–H and O–H groups in total. The van der Waals surface area contributed by atoms with Crippen molar-refractivity contribution in [3.8, 4) is 0 Å². The molecule has 0 radical (unpaired) electrons. The van der Waals surface area contributed by atoms with Crippen molar-refractivity contribution in [1.29, 1.82) is 0 Å². The number of nitrogens with one attached hydrogen (secondary N) is 1. The van der Waals surface area contributed by atoms with Gasteiger partial charge in [0, 0.05) is 9.50 Å². The first-order chi connectivity index (χ1) is 9.70. The van der Waals surface area contributed by atoms with Crippen LogP contribution in [0.5, 0.6) is 0 Å². The molecular formula is C15H15BrClNO2S. The number of anilines is 1. The van der Waals surface area contributed by atoms with E-state index in [1.54, 1.807) is 31.2 Å². The summed E-state index contributed by atoms with van der Waals surface area (Å²) in [6.45, 7) is 5.56. The molecule has 0 aliphatic rings. The van der Waals surface area contributed by atoms with Gasteiger partial charge in [0.25, 0.3) is 10.0 Å². The van der Waals surface area contributed by atoms with E-state index in [4.69, 9.17) is 11.6 Å². The molecule has 0 heterocycles. The summed E-state index contributed by atoms with van der Waals surface area (Å²) in [4.78, 5) is 0.261. The maximum absolute atomic E-state index is 12.5. The summed E-state index contributed by atoms with van der Waals surface area (Å²) >= 11 is 9.41. The SMILES string of the molecule is Cc1ccc(S(=O)(=O)Nc2cc(Cl)c(C)cc2Br)c(C)c1. The topological polar surface area (TPSA) is 46.2 Å². The van der Waals surface area contributed by atoms with E-state index in [2.05, 4.69) is 20.7 Å². The summed E-state index contributed by atoms with van der Waals surface area (Å²) in [7, 11) is -3.65. The molecule has 0 amide bonds. The summed E-state index contributed by atoms with van der Waals surface area (Å²) < 4.78 is 28.2. The molecule has 112 valence electrons. The zero-order valence-corrected chi connectivity index (χ0v) is 15.0.